The van der Waals surface area contributed by atoms with Crippen LogP contribution in [0.25, 0.3) is 0 Å². The number of halogens is 1. The van der Waals surface area contributed by atoms with Crippen molar-refractivity contribution < 1.29 is 9.90 Å². The van der Waals surface area contributed by atoms with E-state index in [1.54, 1.807) is 0 Å². The van der Waals surface area contributed by atoms with Crippen LogP contribution in [0.15, 0.2) is 0 Å². The number of aliphatic carboxylic acids is 1. The first kappa shape index (κ1) is 10.7. The number of carboxylic acid groups (broad SMARTS) is 1. The lowest BCUT2D eigenvalue weighted by Crippen LogP contribution is -2.29. The number of rotatable bonds is 4. The summed E-state index contributed by atoms with van der Waals surface area (Å²) in [7, 11) is 0. The molecular weight excluding hydrogens is 166 g/mol. The molecule has 1 atom stereocenters. The summed E-state index contributed by atoms with van der Waals surface area (Å²) in [5.74, 6) is -0.0916. The van der Waals surface area contributed by atoms with Crippen LogP contribution in [0.4, 0.5) is 0 Å². The van der Waals surface area contributed by atoms with E-state index in [0.29, 0.717) is 6.42 Å². The predicted molar refractivity (Wildman–Crippen MR) is 44.8 cm³/mol. The minimum Gasteiger partial charge on any atom is -0.480 e. The third-order valence-electron chi connectivity index (χ3n) is 1.90. The van der Waals surface area contributed by atoms with Gasteiger partial charge in [0.2, 0.25) is 0 Å². The maximum Gasteiger partial charge on any atom is 0.320 e. The molecule has 0 saturated heterocycles. The molecule has 1 saturated carbocycles. The average Bonchev–Trinajstić information content (AvgIpc) is 2.64. The average molecular weight is 180 g/mol. The Hall–Kier alpha value is -0.280. The fraction of sp³-hybridized carbons (Fsp3) is 0.857. The van der Waals surface area contributed by atoms with Crippen molar-refractivity contribution in [3.8, 4) is 0 Å². The van der Waals surface area contributed by atoms with Crippen LogP contribution >= 0.6 is 12.4 Å². The smallest absolute Gasteiger partial charge is 0.320 e. The summed E-state index contributed by atoms with van der Waals surface area (Å²) in [4.78, 5) is 10.2. The molecule has 3 N–H and O–H groups in total. The van der Waals surface area contributed by atoms with Crippen LogP contribution in [0.3, 0.4) is 0 Å². The van der Waals surface area contributed by atoms with Crippen LogP contribution in [-0.2, 0) is 4.79 Å². The number of carbonyl (C=O) groups is 1. The van der Waals surface area contributed by atoms with Gasteiger partial charge in [0.05, 0.1) is 0 Å². The third kappa shape index (κ3) is 4.22. The monoisotopic (exact) mass is 179 g/mol. The van der Waals surface area contributed by atoms with Gasteiger partial charge in [0.15, 0.2) is 0 Å². The number of carboxylic acids is 1. The normalized spacial score (nSPS) is 18.6. The molecule has 0 radical (unpaired) electrons. The molecule has 0 aliphatic heterocycles. The van der Waals surface area contributed by atoms with Gasteiger partial charge in [-0.25, -0.2) is 0 Å². The molecule has 11 heavy (non-hydrogen) atoms. The maximum atomic E-state index is 10.2. The van der Waals surface area contributed by atoms with E-state index in [1.807, 2.05) is 0 Å². The highest BCUT2D eigenvalue weighted by atomic mass is 35.5. The van der Waals surface area contributed by atoms with Gasteiger partial charge in [-0.3, -0.25) is 4.79 Å². The Morgan fingerprint density at radius 2 is 2.18 bits per heavy atom. The van der Waals surface area contributed by atoms with Crippen LogP contribution < -0.4 is 5.73 Å². The SMILES string of the molecule is Cl.NC(CCC1CC1)C(=O)O. The van der Waals surface area contributed by atoms with Gasteiger partial charge in [0.25, 0.3) is 0 Å². The lowest BCUT2D eigenvalue weighted by Gasteiger charge is -2.03. The molecule has 0 bridgehead atoms. The molecule has 3 nitrogen and oxygen atoms in total. The van der Waals surface area contributed by atoms with Gasteiger partial charge < -0.3 is 10.8 Å². The van der Waals surface area contributed by atoms with E-state index >= 15 is 0 Å². The Balaban J connectivity index is 0.000001000. The maximum absolute atomic E-state index is 10.2. The highest BCUT2D eigenvalue weighted by molar-refractivity contribution is 5.85. The standard InChI is InChI=1S/C7H13NO2.ClH/c8-6(7(9)10)4-3-5-1-2-5;/h5-6H,1-4,8H2,(H,9,10);1H. The molecule has 0 heterocycles. The minimum atomic E-state index is -0.874. The molecule has 0 amide bonds. The molecule has 0 aromatic carbocycles. The summed E-state index contributed by atoms with van der Waals surface area (Å²) < 4.78 is 0. The van der Waals surface area contributed by atoms with Crippen LogP contribution in [0.2, 0.25) is 0 Å². The zero-order chi connectivity index (χ0) is 7.56. The minimum absolute atomic E-state index is 0. The van der Waals surface area contributed by atoms with E-state index in [0.717, 1.165) is 12.3 Å². The molecule has 0 aromatic rings. The van der Waals surface area contributed by atoms with Crippen molar-refractivity contribution in [3.63, 3.8) is 0 Å². The molecule has 0 aromatic heterocycles. The fourth-order valence-electron chi connectivity index (χ4n) is 0.945. The van der Waals surface area contributed by atoms with Crippen LogP contribution in [-0.4, -0.2) is 17.1 Å². The van der Waals surface area contributed by atoms with E-state index in [9.17, 15) is 4.79 Å². The summed E-state index contributed by atoms with van der Waals surface area (Å²) in [5, 5.41) is 8.39. The van der Waals surface area contributed by atoms with E-state index in [-0.39, 0.29) is 12.4 Å². The van der Waals surface area contributed by atoms with Gasteiger partial charge in [-0.1, -0.05) is 12.8 Å². The van der Waals surface area contributed by atoms with E-state index in [1.165, 1.54) is 12.8 Å². The number of hydrogen-bond donors (Lipinski definition) is 2. The topological polar surface area (TPSA) is 63.3 Å². The third-order valence-corrected chi connectivity index (χ3v) is 1.90. The summed E-state index contributed by atoms with van der Waals surface area (Å²) in [6, 6.07) is -0.638. The second-order valence-electron chi connectivity index (χ2n) is 2.97. The Kier molecular flexibility index (Phi) is 4.45. The van der Waals surface area contributed by atoms with Gasteiger partial charge in [-0.2, -0.15) is 0 Å². The lowest BCUT2D eigenvalue weighted by molar-refractivity contribution is -0.138. The summed E-state index contributed by atoms with van der Waals surface area (Å²) >= 11 is 0. The largest absolute Gasteiger partial charge is 0.480 e. The summed E-state index contributed by atoms with van der Waals surface area (Å²) in [6.07, 6.45) is 4.17. The quantitative estimate of drug-likeness (QED) is 0.677. The summed E-state index contributed by atoms with van der Waals surface area (Å²) in [5.41, 5.74) is 5.29. The van der Waals surface area contributed by atoms with Gasteiger partial charge in [-0.05, 0) is 18.8 Å². The predicted octanol–water partition coefficient (Wildman–Crippen LogP) is 1.01. The van der Waals surface area contributed by atoms with Crippen LogP contribution in [0.5, 0.6) is 0 Å². The molecule has 4 heteroatoms. The van der Waals surface area contributed by atoms with Crippen molar-refractivity contribution in [2.45, 2.75) is 31.7 Å². The van der Waals surface area contributed by atoms with Gasteiger partial charge >= 0.3 is 5.97 Å². The van der Waals surface area contributed by atoms with E-state index in [4.69, 9.17) is 10.8 Å². The van der Waals surface area contributed by atoms with Crippen molar-refractivity contribution in [3.05, 3.63) is 0 Å². The molecule has 1 aliphatic carbocycles. The highest BCUT2D eigenvalue weighted by Crippen LogP contribution is 2.33. The zero-order valence-corrected chi connectivity index (χ0v) is 7.14. The molecular formula is C7H14ClNO2. The molecule has 1 fully saturated rings. The van der Waals surface area contributed by atoms with Crippen molar-refractivity contribution in [2.24, 2.45) is 11.7 Å². The fourth-order valence-corrected chi connectivity index (χ4v) is 0.945. The molecule has 1 aliphatic rings. The lowest BCUT2D eigenvalue weighted by atomic mass is 10.1. The first-order chi connectivity index (χ1) is 4.70. The molecule has 1 rings (SSSR count). The summed E-state index contributed by atoms with van der Waals surface area (Å²) in [6.45, 7) is 0. The van der Waals surface area contributed by atoms with Crippen LogP contribution in [0.1, 0.15) is 25.7 Å². The van der Waals surface area contributed by atoms with E-state index < -0.39 is 12.0 Å². The first-order valence-electron chi connectivity index (χ1n) is 3.68. The van der Waals surface area contributed by atoms with Crippen molar-refractivity contribution in [1.29, 1.82) is 0 Å². The molecule has 0 spiro atoms. The number of nitrogens with two attached hydrogens (primary N) is 1. The molecule has 1 unspecified atom stereocenters. The Morgan fingerprint density at radius 1 is 1.64 bits per heavy atom. The second kappa shape index (κ2) is 4.57. The van der Waals surface area contributed by atoms with Crippen LogP contribution in [0, 0.1) is 5.92 Å². The highest BCUT2D eigenvalue weighted by Gasteiger charge is 2.23. The van der Waals surface area contributed by atoms with Crippen molar-refractivity contribution in [2.75, 3.05) is 0 Å². The van der Waals surface area contributed by atoms with Crippen molar-refractivity contribution in [1.82, 2.24) is 0 Å². The Labute approximate surface area is 72.4 Å². The molecule has 66 valence electrons. The number of hydrogen-bond acceptors (Lipinski definition) is 2. The second-order valence-corrected chi connectivity index (χ2v) is 2.97. The van der Waals surface area contributed by atoms with Gasteiger partial charge in [-0.15, -0.1) is 12.4 Å². The Bertz CT molecular complexity index is 136. The van der Waals surface area contributed by atoms with E-state index in [2.05, 4.69) is 0 Å². The van der Waals surface area contributed by atoms with Gasteiger partial charge in [0.1, 0.15) is 6.04 Å². The first-order valence-corrected chi connectivity index (χ1v) is 3.68. The van der Waals surface area contributed by atoms with Gasteiger partial charge in [0, 0.05) is 0 Å². The van der Waals surface area contributed by atoms with Crippen molar-refractivity contribution >= 4 is 18.4 Å². The zero-order valence-electron chi connectivity index (χ0n) is 6.32. The Morgan fingerprint density at radius 3 is 2.55 bits per heavy atom.